The van der Waals surface area contributed by atoms with Gasteiger partial charge in [-0.05, 0) is 55.0 Å². The topological polar surface area (TPSA) is 68.5 Å². The number of carbonyl (C=O) groups excluding carboxylic acids is 1. The van der Waals surface area contributed by atoms with Gasteiger partial charge in [0.1, 0.15) is 16.6 Å². The van der Waals surface area contributed by atoms with Gasteiger partial charge in [0.15, 0.2) is 0 Å². The molecular formula is C22H19FN4O2S. The number of fused-ring (bicyclic) bond motifs is 1. The van der Waals surface area contributed by atoms with Gasteiger partial charge in [-0.15, -0.1) is 0 Å². The molecule has 6 nitrogen and oxygen atoms in total. The molecular weight excluding hydrogens is 403 g/mol. The van der Waals surface area contributed by atoms with Crippen LogP contribution in [0.3, 0.4) is 0 Å². The van der Waals surface area contributed by atoms with Gasteiger partial charge >= 0.3 is 0 Å². The van der Waals surface area contributed by atoms with Crippen molar-refractivity contribution < 1.29 is 13.9 Å². The van der Waals surface area contributed by atoms with Gasteiger partial charge in [-0.25, -0.2) is 13.9 Å². The first-order valence-corrected chi connectivity index (χ1v) is 10.2. The van der Waals surface area contributed by atoms with Crippen LogP contribution in [0.15, 0.2) is 66.0 Å². The van der Waals surface area contributed by atoms with E-state index in [0.717, 1.165) is 28.1 Å². The quantitative estimate of drug-likeness (QED) is 0.461. The maximum Gasteiger partial charge on any atom is 0.234 e. The van der Waals surface area contributed by atoms with Crippen LogP contribution in [0, 0.1) is 12.7 Å². The van der Waals surface area contributed by atoms with Gasteiger partial charge in [-0.2, -0.15) is 5.10 Å². The molecule has 2 heterocycles. The predicted molar refractivity (Wildman–Crippen MR) is 115 cm³/mol. The monoisotopic (exact) mass is 422 g/mol. The van der Waals surface area contributed by atoms with Crippen LogP contribution in [0.25, 0.3) is 16.8 Å². The normalized spacial score (nSPS) is 10.9. The molecule has 0 saturated carbocycles. The van der Waals surface area contributed by atoms with E-state index in [9.17, 15) is 9.18 Å². The van der Waals surface area contributed by atoms with Crippen LogP contribution in [0.4, 0.5) is 10.1 Å². The lowest BCUT2D eigenvalue weighted by Crippen LogP contribution is -2.15. The van der Waals surface area contributed by atoms with E-state index in [4.69, 9.17) is 4.74 Å². The van der Waals surface area contributed by atoms with Crippen molar-refractivity contribution >= 4 is 28.9 Å². The Morgan fingerprint density at radius 3 is 2.77 bits per heavy atom. The number of benzene rings is 2. The molecule has 0 atom stereocenters. The zero-order valence-electron chi connectivity index (χ0n) is 16.4. The summed E-state index contributed by atoms with van der Waals surface area (Å²) < 4.78 is 20.4. The summed E-state index contributed by atoms with van der Waals surface area (Å²) in [5, 5.41) is 8.04. The second-order valence-electron chi connectivity index (χ2n) is 6.62. The highest BCUT2D eigenvalue weighted by atomic mass is 32.2. The Labute approximate surface area is 177 Å². The number of ether oxygens (including phenoxy) is 1. The first-order chi connectivity index (χ1) is 14.5. The number of anilines is 1. The summed E-state index contributed by atoms with van der Waals surface area (Å²) in [6.07, 6.45) is 3.41. The molecule has 2 aromatic heterocycles. The SMILES string of the molecule is COc1ccc(-c2cc3c(SCC(=O)Nc4cc(F)ccc4C)nccn3n2)cc1. The third kappa shape index (κ3) is 4.28. The Bertz CT molecular complexity index is 1210. The van der Waals surface area contributed by atoms with E-state index in [-0.39, 0.29) is 17.5 Å². The lowest BCUT2D eigenvalue weighted by atomic mass is 10.1. The molecule has 152 valence electrons. The summed E-state index contributed by atoms with van der Waals surface area (Å²) in [4.78, 5) is 16.8. The molecule has 0 aliphatic rings. The zero-order valence-corrected chi connectivity index (χ0v) is 17.2. The molecule has 0 bridgehead atoms. The molecule has 4 aromatic rings. The number of halogens is 1. The van der Waals surface area contributed by atoms with E-state index >= 15 is 0 Å². The van der Waals surface area contributed by atoms with E-state index in [1.54, 1.807) is 30.1 Å². The molecule has 2 aromatic carbocycles. The molecule has 1 N–H and O–H groups in total. The number of aryl methyl sites for hydroxylation is 1. The van der Waals surface area contributed by atoms with Gasteiger partial charge < -0.3 is 10.1 Å². The second-order valence-corrected chi connectivity index (χ2v) is 7.58. The lowest BCUT2D eigenvalue weighted by molar-refractivity contribution is -0.113. The zero-order chi connectivity index (χ0) is 21.1. The van der Waals surface area contributed by atoms with E-state index < -0.39 is 0 Å². The summed E-state index contributed by atoms with van der Waals surface area (Å²) >= 11 is 1.30. The second kappa shape index (κ2) is 8.54. The Hall–Kier alpha value is -3.39. The number of thioether (sulfide) groups is 1. The third-order valence-electron chi connectivity index (χ3n) is 4.55. The molecule has 0 spiro atoms. The molecule has 4 rings (SSSR count). The highest BCUT2D eigenvalue weighted by molar-refractivity contribution is 8.00. The number of amides is 1. The predicted octanol–water partition coefficient (Wildman–Crippen LogP) is 4.58. The van der Waals surface area contributed by atoms with Crippen LogP contribution in [0.1, 0.15) is 5.56 Å². The fourth-order valence-corrected chi connectivity index (χ4v) is 3.74. The molecule has 0 fully saturated rings. The summed E-state index contributed by atoms with van der Waals surface area (Å²) in [5.41, 5.74) is 3.83. The standard InChI is InChI=1S/C22H19FN4O2S/c1-14-3-6-16(23)11-18(14)25-21(28)13-30-22-20-12-19(26-27(20)10-9-24-22)15-4-7-17(29-2)8-5-15/h3-12H,13H2,1-2H3,(H,25,28). The van der Waals surface area contributed by atoms with Crippen LogP contribution < -0.4 is 10.1 Å². The van der Waals surface area contributed by atoms with Crippen LogP contribution >= 0.6 is 11.8 Å². The van der Waals surface area contributed by atoms with E-state index in [1.807, 2.05) is 37.3 Å². The fourth-order valence-electron chi connectivity index (χ4n) is 2.96. The van der Waals surface area contributed by atoms with Gasteiger partial charge in [0, 0.05) is 23.6 Å². The summed E-state index contributed by atoms with van der Waals surface area (Å²) in [6, 6.07) is 13.9. The maximum absolute atomic E-state index is 13.4. The third-order valence-corrected chi connectivity index (χ3v) is 5.55. The minimum atomic E-state index is -0.389. The number of rotatable bonds is 6. The number of methoxy groups -OCH3 is 1. The Kier molecular flexibility index (Phi) is 5.67. The minimum absolute atomic E-state index is 0.145. The van der Waals surface area contributed by atoms with Crippen LogP contribution in [0.5, 0.6) is 5.75 Å². The van der Waals surface area contributed by atoms with Gasteiger partial charge in [-0.1, -0.05) is 17.8 Å². The molecule has 1 amide bonds. The van der Waals surface area contributed by atoms with E-state index in [1.165, 1.54) is 23.9 Å². The van der Waals surface area contributed by atoms with Crippen LogP contribution in [0.2, 0.25) is 0 Å². The Morgan fingerprint density at radius 2 is 2.00 bits per heavy atom. The van der Waals surface area contributed by atoms with Gasteiger partial charge in [0.25, 0.3) is 0 Å². The molecule has 0 aliphatic heterocycles. The summed E-state index contributed by atoms with van der Waals surface area (Å²) in [7, 11) is 1.63. The average molecular weight is 422 g/mol. The van der Waals surface area contributed by atoms with Crippen molar-refractivity contribution in [3.63, 3.8) is 0 Å². The van der Waals surface area contributed by atoms with E-state index in [0.29, 0.717) is 10.7 Å². The molecule has 0 aliphatic carbocycles. The first kappa shape index (κ1) is 19.9. The highest BCUT2D eigenvalue weighted by Gasteiger charge is 2.12. The van der Waals surface area contributed by atoms with Crippen molar-refractivity contribution in [3.8, 4) is 17.0 Å². The van der Waals surface area contributed by atoms with Gasteiger partial charge in [0.2, 0.25) is 5.91 Å². The average Bonchev–Trinajstić information content (AvgIpc) is 3.20. The van der Waals surface area contributed by atoms with E-state index in [2.05, 4.69) is 15.4 Å². The van der Waals surface area contributed by atoms with Crippen LogP contribution in [-0.2, 0) is 4.79 Å². The highest BCUT2D eigenvalue weighted by Crippen LogP contribution is 2.27. The van der Waals surface area contributed by atoms with Crippen molar-refractivity contribution in [2.24, 2.45) is 0 Å². The molecule has 0 saturated heterocycles. The first-order valence-electron chi connectivity index (χ1n) is 9.21. The van der Waals surface area contributed by atoms with Gasteiger partial charge in [-0.3, -0.25) is 4.79 Å². The van der Waals surface area contributed by atoms with Crippen molar-refractivity contribution in [3.05, 3.63) is 72.3 Å². The van der Waals surface area contributed by atoms with Gasteiger partial charge in [0.05, 0.1) is 24.1 Å². The largest absolute Gasteiger partial charge is 0.497 e. The Balaban J connectivity index is 1.50. The smallest absolute Gasteiger partial charge is 0.234 e. The lowest BCUT2D eigenvalue weighted by Gasteiger charge is -2.08. The van der Waals surface area contributed by atoms with Crippen molar-refractivity contribution in [1.29, 1.82) is 0 Å². The number of hydrogen-bond donors (Lipinski definition) is 1. The number of nitrogens with zero attached hydrogens (tertiary/aromatic N) is 3. The number of nitrogens with one attached hydrogen (secondary N) is 1. The molecule has 0 unspecified atom stereocenters. The molecule has 8 heteroatoms. The van der Waals surface area contributed by atoms with Crippen LogP contribution in [-0.4, -0.2) is 33.4 Å². The number of aromatic nitrogens is 3. The summed E-state index contributed by atoms with van der Waals surface area (Å²) in [6.45, 7) is 1.82. The van der Waals surface area contributed by atoms with Crippen molar-refractivity contribution in [2.75, 3.05) is 18.2 Å². The number of carbonyl (C=O) groups is 1. The number of hydrogen-bond acceptors (Lipinski definition) is 5. The summed E-state index contributed by atoms with van der Waals surface area (Å²) in [5.74, 6) is 0.304. The Morgan fingerprint density at radius 1 is 1.20 bits per heavy atom. The van der Waals surface area contributed by atoms with Crippen molar-refractivity contribution in [1.82, 2.24) is 14.6 Å². The minimum Gasteiger partial charge on any atom is -0.497 e. The maximum atomic E-state index is 13.4. The molecule has 30 heavy (non-hydrogen) atoms. The van der Waals surface area contributed by atoms with Crippen molar-refractivity contribution in [2.45, 2.75) is 11.9 Å². The molecule has 0 radical (unpaired) electrons. The fraction of sp³-hybridized carbons (Fsp3) is 0.136.